The summed E-state index contributed by atoms with van der Waals surface area (Å²) in [4.78, 5) is 24.3. The average molecular weight is 489 g/mol. The number of thiazole rings is 1. The van der Waals surface area contributed by atoms with Gasteiger partial charge in [-0.3, -0.25) is 14.5 Å². The van der Waals surface area contributed by atoms with Gasteiger partial charge >= 0.3 is 0 Å². The molecule has 32 heavy (non-hydrogen) atoms. The third-order valence-electron chi connectivity index (χ3n) is 5.03. The fraction of sp³-hybridized carbons (Fsp3) is 0.318. The lowest BCUT2D eigenvalue weighted by molar-refractivity contribution is -0.123. The zero-order valence-electron chi connectivity index (χ0n) is 18.0. The smallest absolute Gasteiger partial charge is 0.263 e. The molecule has 1 atom stereocenters. The number of amidine groups is 1. The number of hydrogen-bond donors (Lipinski definition) is 2. The lowest BCUT2D eigenvalue weighted by Crippen LogP contribution is -2.39. The SMILES string of the molecule is Cc1nc(-c2ccc(CCNC(=O)[C@@H](N=C3NS(=O)(=O)c4ccccc43)C(C)C)s2)cs1. The number of carbonyl (C=O) groups excluding carboxylic acids is 1. The summed E-state index contributed by atoms with van der Waals surface area (Å²) in [6.07, 6.45) is 0.705. The zero-order chi connectivity index (χ0) is 22.9. The van der Waals surface area contributed by atoms with Gasteiger partial charge < -0.3 is 5.32 Å². The summed E-state index contributed by atoms with van der Waals surface area (Å²) in [5, 5.41) is 6.04. The van der Waals surface area contributed by atoms with Crippen LogP contribution in [0, 0.1) is 12.8 Å². The van der Waals surface area contributed by atoms with Gasteiger partial charge in [-0.25, -0.2) is 13.4 Å². The first kappa shape index (κ1) is 22.6. The Morgan fingerprint density at radius 1 is 1.22 bits per heavy atom. The summed E-state index contributed by atoms with van der Waals surface area (Å²) in [6, 6.07) is 10.1. The van der Waals surface area contributed by atoms with Crippen molar-refractivity contribution in [3.63, 3.8) is 0 Å². The molecule has 7 nitrogen and oxygen atoms in total. The van der Waals surface area contributed by atoms with Crippen LogP contribution in [0.5, 0.6) is 0 Å². The number of sulfonamides is 1. The predicted octanol–water partition coefficient (Wildman–Crippen LogP) is 3.60. The van der Waals surface area contributed by atoms with Crippen molar-refractivity contribution in [2.45, 2.75) is 38.1 Å². The second-order valence-corrected chi connectivity index (χ2v) is 11.7. The van der Waals surface area contributed by atoms with Crippen molar-refractivity contribution in [2.24, 2.45) is 10.9 Å². The molecule has 3 aromatic rings. The molecule has 0 unspecified atom stereocenters. The fourth-order valence-corrected chi connectivity index (χ4v) is 6.31. The Kier molecular flexibility index (Phi) is 6.45. The molecule has 4 rings (SSSR count). The number of hydrogen-bond acceptors (Lipinski definition) is 7. The van der Waals surface area contributed by atoms with Gasteiger partial charge in [0.1, 0.15) is 11.9 Å². The Balaban J connectivity index is 1.42. The Bertz CT molecular complexity index is 1270. The van der Waals surface area contributed by atoms with E-state index in [1.54, 1.807) is 40.9 Å². The van der Waals surface area contributed by atoms with Crippen molar-refractivity contribution >= 4 is 44.4 Å². The summed E-state index contributed by atoms with van der Waals surface area (Å²) in [5.41, 5.74) is 1.48. The number of nitrogens with zero attached hydrogens (tertiary/aromatic N) is 2. The zero-order valence-corrected chi connectivity index (χ0v) is 20.4. The van der Waals surface area contributed by atoms with Gasteiger partial charge in [-0.2, -0.15) is 0 Å². The van der Waals surface area contributed by atoms with Crippen molar-refractivity contribution < 1.29 is 13.2 Å². The molecule has 1 aromatic carbocycles. The maximum absolute atomic E-state index is 12.9. The van der Waals surface area contributed by atoms with Crippen LogP contribution in [0.3, 0.4) is 0 Å². The van der Waals surface area contributed by atoms with Crippen molar-refractivity contribution in [1.82, 2.24) is 15.0 Å². The highest BCUT2D eigenvalue weighted by atomic mass is 32.2. The van der Waals surface area contributed by atoms with E-state index >= 15 is 0 Å². The molecule has 0 saturated heterocycles. The Morgan fingerprint density at radius 3 is 2.72 bits per heavy atom. The number of fused-ring (bicyclic) bond motifs is 1. The number of aryl methyl sites for hydroxylation is 1. The molecule has 0 fully saturated rings. The Labute approximate surface area is 195 Å². The molecule has 0 aliphatic carbocycles. The second kappa shape index (κ2) is 9.13. The van der Waals surface area contributed by atoms with Crippen molar-refractivity contribution in [1.29, 1.82) is 0 Å². The minimum atomic E-state index is -3.64. The highest BCUT2D eigenvalue weighted by Gasteiger charge is 2.32. The van der Waals surface area contributed by atoms with E-state index in [-0.39, 0.29) is 22.6 Å². The number of nitrogens with one attached hydrogen (secondary N) is 2. The third-order valence-corrected chi connectivity index (χ3v) is 8.37. The number of aromatic nitrogens is 1. The van der Waals surface area contributed by atoms with E-state index in [0.717, 1.165) is 20.5 Å². The van der Waals surface area contributed by atoms with Crippen LogP contribution in [-0.2, 0) is 21.2 Å². The van der Waals surface area contributed by atoms with E-state index in [2.05, 4.69) is 37.5 Å². The summed E-state index contributed by atoms with van der Waals surface area (Å²) in [6.45, 7) is 6.25. The van der Waals surface area contributed by atoms with Crippen LogP contribution in [-0.4, -0.2) is 37.7 Å². The lowest BCUT2D eigenvalue weighted by atomic mass is 10.0. The quantitative estimate of drug-likeness (QED) is 0.531. The van der Waals surface area contributed by atoms with Gasteiger partial charge in [-0.1, -0.05) is 26.0 Å². The van der Waals surface area contributed by atoms with Crippen LogP contribution in [0.2, 0.25) is 0 Å². The van der Waals surface area contributed by atoms with Crippen LogP contribution in [0.1, 0.15) is 29.3 Å². The molecule has 0 spiro atoms. The van der Waals surface area contributed by atoms with E-state index in [9.17, 15) is 13.2 Å². The third kappa shape index (κ3) is 4.77. The van der Waals surface area contributed by atoms with E-state index < -0.39 is 16.1 Å². The second-order valence-electron chi connectivity index (χ2n) is 7.83. The van der Waals surface area contributed by atoms with Crippen LogP contribution in [0.25, 0.3) is 10.6 Å². The lowest BCUT2D eigenvalue weighted by Gasteiger charge is -2.17. The molecule has 1 amide bonds. The van der Waals surface area contributed by atoms with E-state index in [4.69, 9.17) is 0 Å². The Morgan fingerprint density at radius 2 is 2.00 bits per heavy atom. The van der Waals surface area contributed by atoms with Gasteiger partial charge in [0.05, 0.1) is 20.5 Å². The first-order chi connectivity index (χ1) is 15.2. The molecule has 3 heterocycles. The van der Waals surface area contributed by atoms with E-state index in [1.807, 2.05) is 20.8 Å². The predicted molar refractivity (Wildman–Crippen MR) is 129 cm³/mol. The molecule has 0 bridgehead atoms. The number of aliphatic imine (C=N–C) groups is 1. The number of amides is 1. The van der Waals surface area contributed by atoms with Gasteiger partial charge in [0, 0.05) is 22.4 Å². The van der Waals surface area contributed by atoms with Crippen molar-refractivity contribution in [2.75, 3.05) is 6.54 Å². The molecule has 1 aliphatic rings. The van der Waals surface area contributed by atoms with Crippen LogP contribution < -0.4 is 10.0 Å². The maximum atomic E-state index is 12.9. The Hall–Kier alpha value is -2.56. The van der Waals surface area contributed by atoms with Gasteiger partial charge in [-0.05, 0) is 43.5 Å². The number of rotatable bonds is 7. The van der Waals surface area contributed by atoms with Crippen molar-refractivity contribution in [3.8, 4) is 10.6 Å². The van der Waals surface area contributed by atoms with E-state index in [0.29, 0.717) is 18.5 Å². The standard InChI is InChI=1S/C22H24N4O3S3/c1-13(2)20(25-21-16-6-4-5-7-19(16)32(28,29)26-21)22(27)23-11-10-15-8-9-18(31-15)17-12-30-14(3)24-17/h4-9,12-13,20H,10-11H2,1-3H3,(H,23,27)(H,25,26)/t20-/m0/s1. The van der Waals surface area contributed by atoms with Crippen LogP contribution in [0.15, 0.2) is 51.7 Å². The molecular formula is C22H24N4O3S3. The van der Waals surface area contributed by atoms with Gasteiger partial charge in [0.2, 0.25) is 5.91 Å². The maximum Gasteiger partial charge on any atom is 0.263 e. The summed E-state index contributed by atoms with van der Waals surface area (Å²) >= 11 is 3.30. The minimum Gasteiger partial charge on any atom is -0.354 e. The van der Waals surface area contributed by atoms with E-state index in [1.165, 1.54) is 6.07 Å². The molecule has 2 aromatic heterocycles. The average Bonchev–Trinajstić information content (AvgIpc) is 3.44. The minimum absolute atomic E-state index is 0.0963. The van der Waals surface area contributed by atoms with Gasteiger partial charge in [0.25, 0.3) is 10.0 Å². The molecular weight excluding hydrogens is 464 g/mol. The largest absolute Gasteiger partial charge is 0.354 e. The first-order valence-corrected chi connectivity index (χ1v) is 13.4. The number of thiophene rings is 1. The fourth-order valence-electron chi connectivity index (χ4n) is 3.42. The topological polar surface area (TPSA) is 101 Å². The molecule has 0 radical (unpaired) electrons. The number of carbonyl (C=O) groups is 1. The molecule has 2 N–H and O–H groups in total. The summed E-state index contributed by atoms with van der Waals surface area (Å²) < 4.78 is 27.1. The highest BCUT2D eigenvalue weighted by molar-refractivity contribution is 7.90. The van der Waals surface area contributed by atoms with Crippen molar-refractivity contribution in [3.05, 3.63) is 57.2 Å². The summed E-state index contributed by atoms with van der Waals surface area (Å²) in [7, 11) is -3.64. The summed E-state index contributed by atoms with van der Waals surface area (Å²) in [5.74, 6) is -0.0973. The van der Waals surface area contributed by atoms with Crippen LogP contribution >= 0.6 is 22.7 Å². The molecule has 10 heteroatoms. The van der Waals surface area contributed by atoms with Gasteiger partial charge in [-0.15, -0.1) is 22.7 Å². The molecule has 168 valence electrons. The molecule has 1 aliphatic heterocycles. The number of benzene rings is 1. The first-order valence-electron chi connectivity index (χ1n) is 10.2. The highest BCUT2D eigenvalue weighted by Crippen LogP contribution is 2.29. The normalized spacial score (nSPS) is 16.7. The monoisotopic (exact) mass is 488 g/mol. The van der Waals surface area contributed by atoms with Gasteiger partial charge in [0.15, 0.2) is 0 Å². The molecule has 0 saturated carbocycles. The van der Waals surface area contributed by atoms with Crippen LogP contribution in [0.4, 0.5) is 0 Å².